The molecular weight excluding hydrogens is 456 g/mol. The van der Waals surface area contributed by atoms with Crippen molar-refractivity contribution in [2.24, 2.45) is 0 Å². The fourth-order valence-electron chi connectivity index (χ4n) is 3.93. The maximum absolute atomic E-state index is 12.9. The second-order valence-electron chi connectivity index (χ2n) is 7.95. The summed E-state index contributed by atoms with van der Waals surface area (Å²) in [6.07, 6.45) is 2.04. The molecule has 31 heavy (non-hydrogen) atoms. The largest absolute Gasteiger partial charge is 0.352 e. The number of amides is 1. The van der Waals surface area contributed by atoms with Crippen LogP contribution < -0.4 is 5.32 Å². The van der Waals surface area contributed by atoms with E-state index in [0.29, 0.717) is 19.6 Å². The first-order valence-electron chi connectivity index (χ1n) is 11.0. The van der Waals surface area contributed by atoms with Crippen LogP contribution in [0, 0.1) is 0 Å². The Morgan fingerprint density at radius 2 is 1.71 bits per heavy atom. The number of nitrogens with zero attached hydrogens (tertiary/aromatic N) is 3. The monoisotopic (exact) mass is 488 g/mol. The zero-order valence-electron chi connectivity index (χ0n) is 18.2. The third-order valence-electron chi connectivity index (χ3n) is 5.73. The Balaban J connectivity index is 1.50. The van der Waals surface area contributed by atoms with Gasteiger partial charge in [0.2, 0.25) is 10.0 Å². The van der Waals surface area contributed by atoms with Gasteiger partial charge in [-0.2, -0.15) is 16.1 Å². The highest BCUT2D eigenvalue weighted by Gasteiger charge is 2.27. The molecule has 2 aliphatic rings. The summed E-state index contributed by atoms with van der Waals surface area (Å²) in [4.78, 5) is 17.7. The van der Waals surface area contributed by atoms with Gasteiger partial charge in [0.25, 0.3) is 5.91 Å². The number of sulfonamides is 1. The minimum Gasteiger partial charge on any atom is -0.352 e. The second-order valence-corrected chi connectivity index (χ2v) is 11.5. The smallest absolute Gasteiger partial charge is 0.252 e. The zero-order valence-corrected chi connectivity index (χ0v) is 20.6. The summed E-state index contributed by atoms with van der Waals surface area (Å²) in [5, 5.41) is 3.16. The lowest BCUT2D eigenvalue weighted by Crippen LogP contribution is -2.47. The summed E-state index contributed by atoms with van der Waals surface area (Å²) in [5.41, 5.74) is 0.210. The fraction of sp³-hybridized carbons (Fsp3) is 0.667. The van der Waals surface area contributed by atoms with E-state index in [1.807, 2.05) is 0 Å². The summed E-state index contributed by atoms with van der Waals surface area (Å²) in [5.74, 6) is 1.24. The summed E-state index contributed by atoms with van der Waals surface area (Å²) < 4.78 is 27.3. The van der Waals surface area contributed by atoms with Crippen molar-refractivity contribution in [2.75, 3.05) is 70.4 Å². The number of piperazine rings is 1. The lowest BCUT2D eigenvalue weighted by atomic mass is 10.2. The zero-order chi connectivity index (χ0) is 22.3. The standard InChI is InChI=1S/C21H33ClN4O3S2/c1-2-7-24-9-11-25(12-10-24)8-3-6-23-21(27)19-17-18(4-5-20(19)22)31(28,29)26-13-15-30-16-14-26/h4-5,17H,2-3,6-16H2,1H3,(H,23,27). The molecule has 0 bridgehead atoms. The van der Waals surface area contributed by atoms with E-state index < -0.39 is 10.0 Å². The van der Waals surface area contributed by atoms with Crippen molar-refractivity contribution in [3.63, 3.8) is 0 Å². The first kappa shape index (κ1) is 24.8. The van der Waals surface area contributed by atoms with Crippen LogP contribution in [0.1, 0.15) is 30.1 Å². The van der Waals surface area contributed by atoms with E-state index in [2.05, 4.69) is 22.0 Å². The number of carbonyl (C=O) groups excluding carboxylic acids is 1. The molecule has 1 aromatic carbocycles. The molecule has 1 amide bonds. The summed E-state index contributed by atoms with van der Waals surface area (Å²) in [6, 6.07) is 4.38. The number of benzene rings is 1. The Morgan fingerprint density at radius 1 is 1.06 bits per heavy atom. The average Bonchev–Trinajstić information content (AvgIpc) is 2.78. The molecule has 0 atom stereocenters. The number of hydrogen-bond acceptors (Lipinski definition) is 6. The predicted octanol–water partition coefficient (Wildman–Crippen LogP) is 2.23. The molecule has 1 aromatic rings. The van der Waals surface area contributed by atoms with Crippen LogP contribution in [0.15, 0.2) is 23.1 Å². The highest BCUT2D eigenvalue weighted by atomic mass is 35.5. The van der Waals surface area contributed by atoms with Crippen molar-refractivity contribution < 1.29 is 13.2 Å². The molecule has 0 aliphatic carbocycles. The Hall–Kier alpha value is -0.840. The van der Waals surface area contributed by atoms with Gasteiger partial charge in [0, 0.05) is 57.3 Å². The number of nitrogens with one attached hydrogen (secondary N) is 1. The van der Waals surface area contributed by atoms with E-state index in [9.17, 15) is 13.2 Å². The van der Waals surface area contributed by atoms with Crippen LogP contribution in [0.25, 0.3) is 0 Å². The van der Waals surface area contributed by atoms with Crippen LogP contribution in [0.2, 0.25) is 5.02 Å². The highest BCUT2D eigenvalue weighted by molar-refractivity contribution is 7.99. The maximum Gasteiger partial charge on any atom is 0.252 e. The van der Waals surface area contributed by atoms with Gasteiger partial charge in [-0.05, 0) is 44.1 Å². The molecule has 2 aliphatic heterocycles. The quantitative estimate of drug-likeness (QED) is 0.537. The molecule has 0 aromatic heterocycles. The molecular formula is C21H33ClN4O3S2. The van der Waals surface area contributed by atoms with E-state index >= 15 is 0 Å². The molecule has 0 unspecified atom stereocenters. The van der Waals surface area contributed by atoms with Gasteiger partial charge in [0.15, 0.2) is 0 Å². The van der Waals surface area contributed by atoms with Crippen molar-refractivity contribution in [3.05, 3.63) is 28.8 Å². The van der Waals surface area contributed by atoms with Crippen LogP contribution >= 0.6 is 23.4 Å². The van der Waals surface area contributed by atoms with E-state index in [0.717, 1.165) is 57.2 Å². The fourth-order valence-corrected chi connectivity index (χ4v) is 6.73. The molecule has 0 radical (unpaired) electrons. The van der Waals surface area contributed by atoms with Crippen LogP contribution in [-0.2, 0) is 10.0 Å². The normalized spacial score (nSPS) is 19.4. The van der Waals surface area contributed by atoms with Gasteiger partial charge in [0.1, 0.15) is 0 Å². The lowest BCUT2D eigenvalue weighted by molar-refractivity contribution is 0.0947. The summed E-state index contributed by atoms with van der Waals surface area (Å²) >= 11 is 7.96. The van der Waals surface area contributed by atoms with Gasteiger partial charge in [-0.1, -0.05) is 18.5 Å². The molecule has 7 nitrogen and oxygen atoms in total. The molecule has 3 rings (SSSR count). The first-order chi connectivity index (χ1) is 14.9. The van der Waals surface area contributed by atoms with E-state index in [1.54, 1.807) is 11.8 Å². The van der Waals surface area contributed by atoms with Crippen LogP contribution in [0.4, 0.5) is 0 Å². The molecule has 2 saturated heterocycles. The molecule has 174 valence electrons. The second kappa shape index (κ2) is 11.9. The number of rotatable bonds is 9. The van der Waals surface area contributed by atoms with Crippen molar-refractivity contribution in [1.82, 2.24) is 19.4 Å². The third-order valence-corrected chi connectivity index (χ3v) is 8.90. The predicted molar refractivity (Wildman–Crippen MR) is 128 cm³/mol. The average molecular weight is 489 g/mol. The van der Waals surface area contributed by atoms with Crippen molar-refractivity contribution >= 4 is 39.3 Å². The Labute approximate surface area is 195 Å². The minimum absolute atomic E-state index is 0.124. The Kier molecular flexibility index (Phi) is 9.48. The topological polar surface area (TPSA) is 73.0 Å². The van der Waals surface area contributed by atoms with Gasteiger partial charge in [-0.3, -0.25) is 4.79 Å². The van der Waals surface area contributed by atoms with Crippen molar-refractivity contribution in [3.8, 4) is 0 Å². The molecule has 10 heteroatoms. The SMILES string of the molecule is CCCN1CCN(CCCNC(=O)c2cc(S(=O)(=O)N3CCSCC3)ccc2Cl)CC1. The van der Waals surface area contributed by atoms with E-state index in [-0.39, 0.29) is 21.4 Å². The van der Waals surface area contributed by atoms with Crippen LogP contribution in [0.3, 0.4) is 0 Å². The number of thioether (sulfide) groups is 1. The lowest BCUT2D eigenvalue weighted by Gasteiger charge is -2.34. The van der Waals surface area contributed by atoms with E-state index in [1.165, 1.54) is 28.9 Å². The summed E-state index contributed by atoms with van der Waals surface area (Å²) in [6.45, 7) is 10.2. The molecule has 2 fully saturated rings. The molecule has 0 spiro atoms. The highest BCUT2D eigenvalue weighted by Crippen LogP contribution is 2.25. The third kappa shape index (κ3) is 6.82. The Morgan fingerprint density at radius 3 is 2.35 bits per heavy atom. The molecule has 2 heterocycles. The van der Waals surface area contributed by atoms with Gasteiger partial charge >= 0.3 is 0 Å². The summed E-state index contributed by atoms with van der Waals surface area (Å²) in [7, 11) is -3.61. The number of halogens is 1. The van der Waals surface area contributed by atoms with Gasteiger partial charge in [0.05, 0.1) is 15.5 Å². The van der Waals surface area contributed by atoms with Gasteiger partial charge in [-0.25, -0.2) is 8.42 Å². The molecule has 1 N–H and O–H groups in total. The van der Waals surface area contributed by atoms with E-state index in [4.69, 9.17) is 11.6 Å². The van der Waals surface area contributed by atoms with Crippen molar-refractivity contribution in [1.29, 1.82) is 0 Å². The first-order valence-corrected chi connectivity index (χ1v) is 14.0. The maximum atomic E-state index is 12.9. The number of hydrogen-bond donors (Lipinski definition) is 1. The van der Waals surface area contributed by atoms with Crippen molar-refractivity contribution in [2.45, 2.75) is 24.7 Å². The van der Waals surface area contributed by atoms with Gasteiger partial charge < -0.3 is 15.1 Å². The number of carbonyl (C=O) groups is 1. The molecule has 0 saturated carbocycles. The van der Waals surface area contributed by atoms with Crippen LogP contribution in [0.5, 0.6) is 0 Å². The van der Waals surface area contributed by atoms with Gasteiger partial charge in [-0.15, -0.1) is 0 Å². The minimum atomic E-state index is -3.61. The van der Waals surface area contributed by atoms with Crippen LogP contribution in [-0.4, -0.2) is 98.8 Å². The Bertz CT molecular complexity index is 839.